The minimum Gasteiger partial charge on any atom is -0.455 e. The van der Waals surface area contributed by atoms with E-state index in [0.29, 0.717) is 12.6 Å². The highest BCUT2D eigenvalue weighted by Gasteiger charge is 2.31. The summed E-state index contributed by atoms with van der Waals surface area (Å²) in [6.45, 7) is 0.514. The Bertz CT molecular complexity index is 332. The highest BCUT2D eigenvalue weighted by Crippen LogP contribution is 2.23. The molecule has 22 heavy (non-hydrogen) atoms. The summed E-state index contributed by atoms with van der Waals surface area (Å²) in [5.41, 5.74) is 0. The van der Waals surface area contributed by atoms with Gasteiger partial charge in [-0.2, -0.15) is 0 Å². The third-order valence-electron chi connectivity index (χ3n) is 5.20. The van der Waals surface area contributed by atoms with Crippen molar-refractivity contribution < 1.29 is 19.2 Å². The second-order valence-electron chi connectivity index (χ2n) is 6.74. The monoisotopic (exact) mass is 424 g/mol. The minimum atomic E-state index is -0.0372. The first-order chi connectivity index (χ1) is 10.7. The van der Waals surface area contributed by atoms with Gasteiger partial charge in [-0.25, -0.2) is 4.79 Å². The van der Waals surface area contributed by atoms with Gasteiger partial charge >= 0.3 is 5.97 Å². The zero-order valence-corrected chi connectivity index (χ0v) is 16.0. The molecule has 0 aliphatic heterocycles. The fourth-order valence-corrected chi connectivity index (χ4v) is 4.74. The number of carbonyl (C=O) groups excluding carboxylic acids is 1. The van der Waals surface area contributed by atoms with Crippen molar-refractivity contribution in [2.75, 3.05) is 18.2 Å². The summed E-state index contributed by atoms with van der Waals surface area (Å²) in [4.78, 5) is 13.8. The number of hydrogen-bond donors (Lipinski definition) is 1. The molecule has 0 radical (unpaired) electrons. The van der Waals surface area contributed by atoms with Crippen molar-refractivity contribution in [2.45, 2.75) is 82.5 Å². The lowest BCUT2D eigenvalue weighted by atomic mass is 9.94. The number of quaternary nitrogens is 1. The van der Waals surface area contributed by atoms with E-state index in [1.165, 1.54) is 49.8 Å². The number of hydrogen-bond acceptors (Lipinski definition) is 3. The zero-order valence-electron chi connectivity index (χ0n) is 13.8. The first-order valence-corrected chi connectivity index (χ1v) is 10.4. The third kappa shape index (κ3) is 5.64. The van der Waals surface area contributed by atoms with Gasteiger partial charge in [0.25, 0.3) is 0 Å². The maximum Gasteiger partial charge on any atom is 0.362 e. The summed E-state index contributed by atoms with van der Waals surface area (Å²) in [6, 6.07) is 0.636. The Morgan fingerprint density at radius 3 is 2.18 bits per heavy atom. The summed E-state index contributed by atoms with van der Waals surface area (Å²) >= 11 is 2.41. The van der Waals surface area contributed by atoms with Crippen molar-refractivity contribution in [2.24, 2.45) is 0 Å². The van der Waals surface area contributed by atoms with Crippen molar-refractivity contribution in [3.05, 3.63) is 0 Å². The molecule has 1 N–H and O–H groups in total. The van der Waals surface area contributed by atoms with Crippen molar-refractivity contribution in [3.8, 4) is 0 Å². The highest BCUT2D eigenvalue weighted by molar-refractivity contribution is 14.1. The van der Waals surface area contributed by atoms with E-state index in [4.69, 9.17) is 9.47 Å². The van der Waals surface area contributed by atoms with Gasteiger partial charge in [-0.3, -0.25) is 0 Å². The predicted octanol–water partition coefficient (Wildman–Crippen LogP) is 2.49. The molecule has 2 fully saturated rings. The maximum atomic E-state index is 12.4. The van der Waals surface area contributed by atoms with E-state index in [1.807, 2.05) is 0 Å². The van der Waals surface area contributed by atoms with Crippen LogP contribution in [0, 0.1) is 0 Å². The molecule has 0 aromatic carbocycles. The highest BCUT2D eigenvalue weighted by atomic mass is 127. The van der Waals surface area contributed by atoms with E-state index in [0.717, 1.165) is 23.8 Å². The fraction of sp³-hybridized carbons (Fsp3) is 0.941. The lowest BCUT2D eigenvalue weighted by Crippen LogP contribution is -3.15. The number of esters is 1. The van der Waals surface area contributed by atoms with Crippen LogP contribution in [0.5, 0.6) is 0 Å². The van der Waals surface area contributed by atoms with Crippen LogP contribution in [-0.4, -0.2) is 42.4 Å². The number of methoxy groups -OCH3 is 1. The normalized spacial score (nSPS) is 28.8. The van der Waals surface area contributed by atoms with Gasteiger partial charge in [0, 0.05) is 7.11 Å². The molecular formula is C17H31INO3+. The summed E-state index contributed by atoms with van der Waals surface area (Å²) in [5.74, 6) is -0.0372. The molecule has 4 nitrogen and oxygen atoms in total. The van der Waals surface area contributed by atoms with E-state index in [1.54, 1.807) is 7.11 Å². The molecule has 0 saturated heterocycles. The Hall–Kier alpha value is 0.120. The Labute approximate surface area is 148 Å². The topological polar surface area (TPSA) is 40.0 Å². The van der Waals surface area contributed by atoms with Crippen LogP contribution in [0.15, 0.2) is 0 Å². The van der Waals surface area contributed by atoms with E-state index in [-0.39, 0.29) is 18.2 Å². The summed E-state index contributed by atoms with van der Waals surface area (Å²) in [5, 5.41) is 0. The van der Waals surface area contributed by atoms with Gasteiger partial charge in [0.15, 0.2) is 6.54 Å². The average Bonchev–Trinajstić information content (AvgIpc) is 2.82. The predicted molar refractivity (Wildman–Crippen MR) is 95.4 cm³/mol. The largest absolute Gasteiger partial charge is 0.455 e. The van der Waals surface area contributed by atoms with Crippen LogP contribution in [0.3, 0.4) is 0 Å². The molecule has 2 saturated carbocycles. The molecule has 1 unspecified atom stereocenters. The smallest absolute Gasteiger partial charge is 0.362 e. The molecule has 0 bridgehead atoms. The fourth-order valence-electron chi connectivity index (χ4n) is 3.85. The van der Waals surface area contributed by atoms with Gasteiger partial charge < -0.3 is 14.4 Å². The molecule has 0 heterocycles. The molecule has 128 valence electrons. The standard InChI is InChI=1S/C17H30INO3/c1-21-15-10-6-7-11-16(15)22-17(20)12-19(13-18)14-8-4-2-3-5-9-14/h14-16H,2-13H2,1H3/p+1/t15-,16+/m1/s1. The summed E-state index contributed by atoms with van der Waals surface area (Å²) in [6.07, 6.45) is 12.2. The van der Waals surface area contributed by atoms with Crippen molar-refractivity contribution in [1.29, 1.82) is 0 Å². The van der Waals surface area contributed by atoms with E-state index >= 15 is 0 Å². The van der Waals surface area contributed by atoms with Crippen LogP contribution in [0.2, 0.25) is 0 Å². The van der Waals surface area contributed by atoms with Crippen LogP contribution in [0.25, 0.3) is 0 Å². The molecule has 0 spiro atoms. The SMILES string of the molecule is CO[C@@H]1CCCC[C@@H]1OC(=O)C[NH+](CI)C1CCCCCC1. The summed E-state index contributed by atoms with van der Waals surface area (Å²) in [7, 11) is 1.73. The second kappa shape index (κ2) is 10.1. The van der Waals surface area contributed by atoms with Crippen molar-refractivity contribution in [1.82, 2.24) is 0 Å². The van der Waals surface area contributed by atoms with Crippen LogP contribution >= 0.6 is 22.6 Å². The van der Waals surface area contributed by atoms with E-state index in [9.17, 15) is 4.79 Å². The summed E-state index contributed by atoms with van der Waals surface area (Å²) < 4.78 is 12.2. The number of alkyl halides is 1. The third-order valence-corrected chi connectivity index (χ3v) is 6.18. The molecule has 5 heteroatoms. The Balaban J connectivity index is 1.82. The number of carbonyl (C=O) groups is 1. The minimum absolute atomic E-state index is 0.0316. The van der Waals surface area contributed by atoms with E-state index < -0.39 is 0 Å². The molecule has 3 atom stereocenters. The van der Waals surface area contributed by atoms with Crippen LogP contribution < -0.4 is 4.90 Å². The average molecular weight is 424 g/mol. The van der Waals surface area contributed by atoms with Gasteiger partial charge in [0.2, 0.25) is 0 Å². The van der Waals surface area contributed by atoms with Gasteiger partial charge in [0.1, 0.15) is 10.7 Å². The second-order valence-corrected chi connectivity index (χ2v) is 7.51. The number of ether oxygens (including phenoxy) is 2. The molecular weight excluding hydrogens is 393 g/mol. The molecule has 0 aromatic rings. The van der Waals surface area contributed by atoms with Crippen LogP contribution in [0.1, 0.15) is 64.2 Å². The Morgan fingerprint density at radius 1 is 1.00 bits per heavy atom. The quantitative estimate of drug-likeness (QED) is 0.234. The first kappa shape index (κ1) is 18.5. The van der Waals surface area contributed by atoms with Gasteiger partial charge in [-0.15, -0.1) is 0 Å². The van der Waals surface area contributed by atoms with Crippen LogP contribution in [0.4, 0.5) is 0 Å². The Morgan fingerprint density at radius 2 is 1.59 bits per heavy atom. The van der Waals surface area contributed by atoms with Crippen molar-refractivity contribution in [3.63, 3.8) is 0 Å². The molecule has 2 rings (SSSR count). The first-order valence-electron chi connectivity index (χ1n) is 8.87. The number of rotatable bonds is 6. The van der Waals surface area contributed by atoms with Gasteiger partial charge in [0.05, 0.1) is 12.1 Å². The Kier molecular flexibility index (Phi) is 8.46. The molecule has 2 aliphatic carbocycles. The zero-order chi connectivity index (χ0) is 15.8. The van der Waals surface area contributed by atoms with Gasteiger partial charge in [-0.05, 0) is 67.5 Å². The van der Waals surface area contributed by atoms with Crippen LogP contribution in [-0.2, 0) is 14.3 Å². The number of halogens is 1. The lowest BCUT2D eigenvalue weighted by molar-refractivity contribution is -0.903. The maximum absolute atomic E-state index is 12.4. The van der Waals surface area contributed by atoms with E-state index in [2.05, 4.69) is 22.6 Å². The van der Waals surface area contributed by atoms with Crippen molar-refractivity contribution >= 4 is 28.6 Å². The molecule has 0 aromatic heterocycles. The molecule has 2 aliphatic rings. The molecule has 0 amide bonds. The lowest BCUT2D eigenvalue weighted by Gasteiger charge is -2.31. The van der Waals surface area contributed by atoms with Gasteiger partial charge in [-0.1, -0.05) is 19.3 Å². The number of nitrogens with one attached hydrogen (secondary N) is 1.